The highest BCUT2D eigenvalue weighted by Gasteiger charge is 2.42. The van der Waals surface area contributed by atoms with Crippen LogP contribution in [0.4, 0.5) is 0 Å². The van der Waals surface area contributed by atoms with Gasteiger partial charge in [0.15, 0.2) is 0 Å². The van der Waals surface area contributed by atoms with Gasteiger partial charge in [0.05, 0.1) is 16.9 Å². The normalized spacial score (nSPS) is 16.7. The number of aromatic carboxylic acids is 1. The van der Waals surface area contributed by atoms with Crippen LogP contribution in [0, 0.1) is 0 Å². The number of nitrogens with one attached hydrogen (secondary N) is 1. The van der Waals surface area contributed by atoms with E-state index in [0.29, 0.717) is 17.7 Å². The summed E-state index contributed by atoms with van der Waals surface area (Å²) in [5.74, 6) is -1.91. The van der Waals surface area contributed by atoms with E-state index in [4.69, 9.17) is 10.4 Å². The molecule has 0 atom stereocenters. The van der Waals surface area contributed by atoms with Crippen LogP contribution in [-0.4, -0.2) is 39.4 Å². The van der Waals surface area contributed by atoms with Crippen molar-refractivity contribution in [3.05, 3.63) is 64.7 Å². The Hall–Kier alpha value is -3.01. The van der Waals surface area contributed by atoms with E-state index in [1.807, 2.05) is 0 Å². The molecule has 0 saturated heterocycles. The summed E-state index contributed by atoms with van der Waals surface area (Å²) >= 11 is 0. The largest absolute Gasteiger partial charge is 0.663 e. The zero-order valence-corrected chi connectivity index (χ0v) is 13.7. The first-order chi connectivity index (χ1) is 12.3. The molecule has 0 radical (unpaired) electrons. The molecular formula is C17H17BN2O6. The van der Waals surface area contributed by atoms with Crippen molar-refractivity contribution >= 4 is 24.2 Å². The van der Waals surface area contributed by atoms with Gasteiger partial charge in [-0.05, 0) is 29.3 Å². The maximum Gasteiger partial charge on any atom is 0.519 e. The van der Waals surface area contributed by atoms with Crippen LogP contribution in [0.15, 0.2) is 42.5 Å². The van der Waals surface area contributed by atoms with Gasteiger partial charge in [-0.2, -0.15) is 0 Å². The number of fused-ring (bicyclic) bond motifs is 1. The fraction of sp³-hybridized carbons (Fsp3) is 0.118. The second kappa shape index (κ2) is 6.72. The van der Waals surface area contributed by atoms with Crippen LogP contribution < -0.4 is 15.4 Å². The molecule has 1 aliphatic rings. The molecule has 3 rings (SSSR count). The van der Waals surface area contributed by atoms with Crippen molar-refractivity contribution < 1.29 is 34.4 Å². The number of benzene rings is 2. The molecule has 134 valence electrons. The summed E-state index contributed by atoms with van der Waals surface area (Å²) in [6.07, 6.45) is -0.0594. The first kappa shape index (κ1) is 17.8. The predicted octanol–water partition coefficient (Wildman–Crippen LogP) is -1.40. The number of hydrogen-bond donors (Lipinski definition) is 5. The van der Waals surface area contributed by atoms with E-state index in [-0.39, 0.29) is 23.3 Å². The van der Waals surface area contributed by atoms with E-state index in [0.717, 1.165) is 5.56 Å². The molecule has 1 aliphatic heterocycles. The molecule has 0 aliphatic carbocycles. The SMILES string of the molecule is NCc1ccc(C(=O)[NH+]=C2Cc3cccc(C(=O)O)c3O[B-]2(O)O)cc1. The highest BCUT2D eigenvalue weighted by molar-refractivity contribution is 6.91. The Labute approximate surface area is 148 Å². The van der Waals surface area contributed by atoms with Gasteiger partial charge in [-0.25, -0.2) is 14.6 Å². The van der Waals surface area contributed by atoms with Gasteiger partial charge in [-0.15, -0.1) is 0 Å². The monoisotopic (exact) mass is 356 g/mol. The van der Waals surface area contributed by atoms with Gasteiger partial charge < -0.3 is 25.5 Å². The molecule has 2 aromatic carbocycles. The second-order valence-electron chi connectivity index (χ2n) is 5.98. The molecule has 0 unspecified atom stereocenters. The lowest BCUT2D eigenvalue weighted by Crippen LogP contribution is -2.84. The van der Waals surface area contributed by atoms with Gasteiger partial charge in [0.1, 0.15) is 5.61 Å². The Morgan fingerprint density at radius 3 is 2.46 bits per heavy atom. The van der Waals surface area contributed by atoms with Crippen molar-refractivity contribution in [1.82, 2.24) is 0 Å². The van der Waals surface area contributed by atoms with Crippen LogP contribution in [0.2, 0.25) is 0 Å². The Kier molecular flexibility index (Phi) is 4.60. The minimum absolute atomic E-state index is 0.0594. The van der Waals surface area contributed by atoms with Crippen molar-refractivity contribution in [2.75, 3.05) is 0 Å². The van der Waals surface area contributed by atoms with Gasteiger partial charge in [-0.1, -0.05) is 24.3 Å². The number of para-hydroxylation sites is 1. The minimum atomic E-state index is -3.56. The van der Waals surface area contributed by atoms with E-state index in [1.54, 1.807) is 30.3 Å². The van der Waals surface area contributed by atoms with E-state index in [2.05, 4.69) is 4.99 Å². The van der Waals surface area contributed by atoms with E-state index >= 15 is 0 Å². The Morgan fingerprint density at radius 2 is 1.85 bits per heavy atom. The van der Waals surface area contributed by atoms with Gasteiger partial charge in [0.2, 0.25) is 0 Å². The number of hydrogen-bond acceptors (Lipinski definition) is 6. The zero-order chi connectivity index (χ0) is 18.9. The molecule has 6 N–H and O–H groups in total. The number of carbonyl (C=O) groups is 2. The minimum Gasteiger partial charge on any atom is -0.663 e. The third kappa shape index (κ3) is 3.36. The van der Waals surface area contributed by atoms with Gasteiger partial charge in [0.25, 0.3) is 0 Å². The van der Waals surface area contributed by atoms with Gasteiger partial charge in [-0.3, -0.25) is 0 Å². The second-order valence-corrected chi connectivity index (χ2v) is 5.98. The molecule has 0 fully saturated rings. The number of carboxylic acids is 1. The highest BCUT2D eigenvalue weighted by atomic mass is 16.6. The maximum atomic E-state index is 12.4. The standard InChI is InChI=1S/C17H16BN2O6/c19-9-10-4-6-11(7-5-10)16(21)20-14-8-12-2-1-3-13(17(22)23)15(12)26-18(14,24)25/h1-7,24-25H,8-9,19H2,(H,22,23)/q-1/p+1. The van der Waals surface area contributed by atoms with Crippen LogP contribution >= 0.6 is 0 Å². The van der Waals surface area contributed by atoms with Crippen LogP contribution in [0.1, 0.15) is 31.8 Å². The Balaban J connectivity index is 1.95. The van der Waals surface area contributed by atoms with Crippen molar-refractivity contribution in [1.29, 1.82) is 0 Å². The third-order valence-electron chi connectivity index (χ3n) is 4.17. The summed E-state index contributed by atoms with van der Waals surface area (Å²) < 4.78 is 5.12. The summed E-state index contributed by atoms with van der Waals surface area (Å²) in [7, 11) is 0. The first-order valence-corrected chi connectivity index (χ1v) is 7.91. The summed E-state index contributed by atoms with van der Waals surface area (Å²) in [5, 5.41) is 29.6. The molecule has 9 heteroatoms. The fourth-order valence-electron chi connectivity index (χ4n) is 2.75. The first-order valence-electron chi connectivity index (χ1n) is 7.91. The predicted molar refractivity (Wildman–Crippen MR) is 92.6 cm³/mol. The highest BCUT2D eigenvalue weighted by Crippen LogP contribution is 2.30. The number of carbonyl (C=O) groups excluding carboxylic acids is 1. The van der Waals surface area contributed by atoms with Crippen molar-refractivity contribution in [3.63, 3.8) is 0 Å². The number of amides is 1. The van der Waals surface area contributed by atoms with E-state index in [1.165, 1.54) is 12.1 Å². The number of rotatable bonds is 3. The Bertz CT molecular complexity index is 908. The molecule has 1 heterocycles. The number of carboxylic acid groups (broad SMARTS) is 1. The van der Waals surface area contributed by atoms with Crippen LogP contribution in [0.5, 0.6) is 5.75 Å². The molecule has 26 heavy (non-hydrogen) atoms. The molecule has 1 amide bonds. The quantitative estimate of drug-likeness (QED) is 0.426. The molecule has 0 spiro atoms. The molecule has 0 aromatic heterocycles. The summed E-state index contributed by atoms with van der Waals surface area (Å²) in [4.78, 5) is 26.1. The molecule has 2 aromatic rings. The van der Waals surface area contributed by atoms with Crippen molar-refractivity contribution in [3.8, 4) is 5.75 Å². The topological polar surface area (TPSA) is 144 Å². The lowest BCUT2D eigenvalue weighted by Gasteiger charge is -2.35. The van der Waals surface area contributed by atoms with Crippen molar-refractivity contribution in [2.45, 2.75) is 13.0 Å². The Morgan fingerprint density at radius 1 is 1.15 bits per heavy atom. The number of nitrogens with two attached hydrogens (primary N) is 1. The van der Waals surface area contributed by atoms with Crippen molar-refractivity contribution in [2.24, 2.45) is 5.73 Å². The van der Waals surface area contributed by atoms with Crippen LogP contribution in [0.25, 0.3) is 0 Å². The van der Waals surface area contributed by atoms with Gasteiger partial charge >= 0.3 is 18.6 Å². The summed E-state index contributed by atoms with van der Waals surface area (Å²) in [6.45, 7) is -3.22. The summed E-state index contributed by atoms with van der Waals surface area (Å²) in [5.41, 5.74) is 6.78. The fourth-order valence-corrected chi connectivity index (χ4v) is 2.75. The lowest BCUT2D eigenvalue weighted by atomic mass is 9.67. The molecule has 0 saturated carbocycles. The van der Waals surface area contributed by atoms with Gasteiger partial charge in [0, 0.05) is 13.0 Å². The maximum absolute atomic E-state index is 12.4. The third-order valence-corrected chi connectivity index (χ3v) is 4.17. The molecular weight excluding hydrogens is 339 g/mol. The smallest absolute Gasteiger partial charge is 0.519 e. The van der Waals surface area contributed by atoms with Crippen LogP contribution in [0.3, 0.4) is 0 Å². The molecule has 8 nitrogen and oxygen atoms in total. The average Bonchev–Trinajstić information content (AvgIpc) is 2.61. The van der Waals surface area contributed by atoms with E-state index < -0.39 is 18.6 Å². The molecule has 0 bridgehead atoms. The zero-order valence-electron chi connectivity index (χ0n) is 13.7. The summed E-state index contributed by atoms with van der Waals surface area (Å²) in [6, 6.07) is 10.9. The van der Waals surface area contributed by atoms with E-state index in [9.17, 15) is 24.7 Å². The average molecular weight is 356 g/mol. The lowest BCUT2D eigenvalue weighted by molar-refractivity contribution is -0.345. The van der Waals surface area contributed by atoms with Crippen LogP contribution in [-0.2, 0) is 13.0 Å².